The standard InChI is InChI=1S/C20H15NO6S/c1-12(22)13-4-6-14(7-5-13)15-8-9-16(27-15)20(25)26-11-18(23)21-19(24)17-3-2-10-28-17/h2-10H,11H2,1H3,(H,21,23,24). The van der Waals surface area contributed by atoms with Gasteiger partial charge >= 0.3 is 5.97 Å². The van der Waals surface area contributed by atoms with E-state index in [1.165, 1.54) is 24.3 Å². The largest absolute Gasteiger partial charge is 0.450 e. The van der Waals surface area contributed by atoms with Gasteiger partial charge in [0.25, 0.3) is 11.8 Å². The second kappa shape index (κ2) is 8.45. The van der Waals surface area contributed by atoms with Crippen LogP contribution in [0.4, 0.5) is 0 Å². The maximum absolute atomic E-state index is 12.0. The van der Waals surface area contributed by atoms with Gasteiger partial charge in [0.15, 0.2) is 12.4 Å². The van der Waals surface area contributed by atoms with Gasteiger partial charge in [0.1, 0.15) is 5.76 Å². The summed E-state index contributed by atoms with van der Waals surface area (Å²) in [5.41, 5.74) is 1.25. The van der Waals surface area contributed by atoms with Gasteiger partial charge in [-0.1, -0.05) is 30.3 Å². The van der Waals surface area contributed by atoms with Crippen LogP contribution in [-0.2, 0) is 9.53 Å². The molecule has 7 nitrogen and oxygen atoms in total. The number of Topliss-reactive ketones (excluding diaryl/α,β-unsaturated/α-hetero) is 1. The Balaban J connectivity index is 1.56. The zero-order valence-electron chi connectivity index (χ0n) is 14.8. The summed E-state index contributed by atoms with van der Waals surface area (Å²) in [4.78, 5) is 47.2. The molecule has 0 fully saturated rings. The van der Waals surface area contributed by atoms with Crippen molar-refractivity contribution >= 4 is 34.9 Å². The van der Waals surface area contributed by atoms with Crippen LogP contribution in [0.3, 0.4) is 0 Å². The Morgan fingerprint density at radius 1 is 1.04 bits per heavy atom. The van der Waals surface area contributed by atoms with Crippen molar-refractivity contribution < 1.29 is 28.3 Å². The third kappa shape index (κ3) is 4.60. The highest BCUT2D eigenvalue weighted by Crippen LogP contribution is 2.23. The van der Waals surface area contributed by atoms with Gasteiger partial charge in [-0.05, 0) is 30.5 Å². The van der Waals surface area contributed by atoms with Crippen LogP contribution in [0.1, 0.15) is 37.5 Å². The molecule has 0 spiro atoms. The summed E-state index contributed by atoms with van der Waals surface area (Å²) in [6, 6.07) is 13.0. The van der Waals surface area contributed by atoms with Crippen LogP contribution in [0.5, 0.6) is 0 Å². The normalized spacial score (nSPS) is 10.3. The number of hydrogen-bond acceptors (Lipinski definition) is 7. The Bertz CT molecular complexity index is 1020. The van der Waals surface area contributed by atoms with E-state index in [4.69, 9.17) is 9.15 Å². The first-order valence-electron chi connectivity index (χ1n) is 8.20. The third-order valence-electron chi connectivity index (χ3n) is 3.72. The molecule has 0 atom stereocenters. The van der Waals surface area contributed by atoms with Crippen molar-refractivity contribution in [2.24, 2.45) is 0 Å². The fourth-order valence-corrected chi connectivity index (χ4v) is 2.93. The van der Waals surface area contributed by atoms with E-state index in [9.17, 15) is 19.2 Å². The summed E-state index contributed by atoms with van der Waals surface area (Å²) in [5.74, 6) is -1.83. The molecule has 3 aromatic rings. The monoisotopic (exact) mass is 397 g/mol. The number of ketones is 1. The van der Waals surface area contributed by atoms with Crippen LogP contribution in [-0.4, -0.2) is 30.2 Å². The molecular weight excluding hydrogens is 382 g/mol. The first kappa shape index (κ1) is 19.2. The average molecular weight is 397 g/mol. The molecular formula is C20H15NO6S. The van der Waals surface area contributed by atoms with E-state index < -0.39 is 24.4 Å². The quantitative estimate of drug-likeness (QED) is 0.506. The first-order valence-corrected chi connectivity index (χ1v) is 9.08. The number of carbonyl (C=O) groups is 4. The molecule has 28 heavy (non-hydrogen) atoms. The third-order valence-corrected chi connectivity index (χ3v) is 4.58. The molecule has 3 rings (SSSR count). The lowest BCUT2D eigenvalue weighted by Gasteiger charge is -2.04. The SMILES string of the molecule is CC(=O)c1ccc(-c2ccc(C(=O)OCC(=O)NC(=O)c3cccs3)o2)cc1. The van der Waals surface area contributed by atoms with E-state index in [2.05, 4.69) is 5.32 Å². The van der Waals surface area contributed by atoms with E-state index in [0.29, 0.717) is 21.8 Å². The molecule has 0 aliphatic rings. The summed E-state index contributed by atoms with van der Waals surface area (Å²) in [6.45, 7) is 0.861. The number of hydrogen-bond donors (Lipinski definition) is 1. The van der Waals surface area contributed by atoms with Crippen LogP contribution >= 0.6 is 11.3 Å². The highest BCUT2D eigenvalue weighted by molar-refractivity contribution is 7.12. The number of nitrogens with one attached hydrogen (secondary N) is 1. The molecule has 2 heterocycles. The molecule has 1 N–H and O–H groups in total. The molecule has 0 unspecified atom stereocenters. The second-order valence-electron chi connectivity index (χ2n) is 5.73. The Labute approximate surface area is 163 Å². The Kier molecular flexibility index (Phi) is 5.81. The van der Waals surface area contributed by atoms with Gasteiger partial charge < -0.3 is 9.15 Å². The number of carbonyl (C=O) groups excluding carboxylic acids is 4. The minimum absolute atomic E-state index is 0.0499. The van der Waals surface area contributed by atoms with E-state index in [-0.39, 0.29) is 11.5 Å². The summed E-state index contributed by atoms with van der Waals surface area (Å²) in [5, 5.41) is 3.84. The van der Waals surface area contributed by atoms with Gasteiger partial charge in [0.05, 0.1) is 4.88 Å². The predicted octanol–water partition coefficient (Wildman–Crippen LogP) is 3.32. The fourth-order valence-electron chi connectivity index (χ4n) is 2.31. The van der Waals surface area contributed by atoms with Gasteiger partial charge in [0, 0.05) is 11.1 Å². The number of esters is 1. The van der Waals surface area contributed by atoms with Crippen molar-refractivity contribution in [3.8, 4) is 11.3 Å². The lowest BCUT2D eigenvalue weighted by molar-refractivity contribution is -0.123. The van der Waals surface area contributed by atoms with Crippen molar-refractivity contribution in [3.63, 3.8) is 0 Å². The maximum atomic E-state index is 12.0. The van der Waals surface area contributed by atoms with Crippen molar-refractivity contribution in [1.29, 1.82) is 0 Å². The second-order valence-corrected chi connectivity index (χ2v) is 6.68. The van der Waals surface area contributed by atoms with Crippen molar-refractivity contribution in [3.05, 3.63) is 70.1 Å². The maximum Gasteiger partial charge on any atom is 0.374 e. The minimum Gasteiger partial charge on any atom is -0.450 e. The van der Waals surface area contributed by atoms with E-state index >= 15 is 0 Å². The van der Waals surface area contributed by atoms with Gasteiger partial charge in [-0.15, -0.1) is 11.3 Å². The van der Waals surface area contributed by atoms with Crippen LogP contribution in [0.2, 0.25) is 0 Å². The van der Waals surface area contributed by atoms with E-state index in [0.717, 1.165) is 0 Å². The molecule has 0 saturated heterocycles. The number of rotatable bonds is 6. The molecule has 2 amide bonds. The molecule has 0 aliphatic carbocycles. The van der Waals surface area contributed by atoms with Crippen LogP contribution < -0.4 is 5.32 Å². The van der Waals surface area contributed by atoms with Gasteiger partial charge in [-0.2, -0.15) is 0 Å². The van der Waals surface area contributed by atoms with E-state index in [1.54, 1.807) is 47.8 Å². The number of furan rings is 1. The summed E-state index contributed by atoms with van der Waals surface area (Å²) < 4.78 is 10.3. The summed E-state index contributed by atoms with van der Waals surface area (Å²) in [6.07, 6.45) is 0. The Morgan fingerprint density at radius 3 is 2.43 bits per heavy atom. The molecule has 0 bridgehead atoms. The van der Waals surface area contributed by atoms with Crippen molar-refractivity contribution in [2.45, 2.75) is 6.92 Å². The Hall–Kier alpha value is -3.52. The van der Waals surface area contributed by atoms with Gasteiger partial charge in [-0.25, -0.2) is 4.79 Å². The first-order chi connectivity index (χ1) is 13.4. The van der Waals surface area contributed by atoms with E-state index in [1.807, 2.05) is 0 Å². The van der Waals surface area contributed by atoms with Crippen molar-refractivity contribution in [2.75, 3.05) is 6.61 Å². The molecule has 0 radical (unpaired) electrons. The number of benzene rings is 1. The highest BCUT2D eigenvalue weighted by atomic mass is 32.1. The number of ether oxygens (including phenoxy) is 1. The van der Waals surface area contributed by atoms with Gasteiger partial charge in [-0.3, -0.25) is 19.7 Å². The highest BCUT2D eigenvalue weighted by Gasteiger charge is 2.17. The zero-order valence-corrected chi connectivity index (χ0v) is 15.6. The molecule has 2 aromatic heterocycles. The summed E-state index contributed by atoms with van der Waals surface area (Å²) >= 11 is 1.19. The number of amides is 2. The molecule has 0 aliphatic heterocycles. The fraction of sp³-hybridized carbons (Fsp3) is 0.100. The van der Waals surface area contributed by atoms with Crippen LogP contribution in [0, 0.1) is 0 Å². The zero-order chi connectivity index (χ0) is 20.1. The molecule has 0 saturated carbocycles. The molecule has 8 heteroatoms. The number of imide groups is 1. The van der Waals surface area contributed by atoms with Crippen molar-refractivity contribution in [1.82, 2.24) is 5.32 Å². The van der Waals surface area contributed by atoms with Crippen LogP contribution in [0.25, 0.3) is 11.3 Å². The van der Waals surface area contributed by atoms with Crippen LogP contribution in [0.15, 0.2) is 58.3 Å². The smallest absolute Gasteiger partial charge is 0.374 e. The van der Waals surface area contributed by atoms with Gasteiger partial charge in [0.2, 0.25) is 5.76 Å². The molecule has 1 aromatic carbocycles. The minimum atomic E-state index is -0.828. The Morgan fingerprint density at radius 2 is 1.79 bits per heavy atom. The molecule has 142 valence electrons. The number of thiophene rings is 1. The topological polar surface area (TPSA) is 103 Å². The lowest BCUT2D eigenvalue weighted by Crippen LogP contribution is -2.33. The summed E-state index contributed by atoms with van der Waals surface area (Å²) in [7, 11) is 0. The predicted molar refractivity (Wildman–Crippen MR) is 101 cm³/mol. The lowest BCUT2D eigenvalue weighted by atomic mass is 10.1. The average Bonchev–Trinajstić information content (AvgIpc) is 3.38.